The van der Waals surface area contributed by atoms with Crippen LogP contribution in [0, 0.1) is 20.8 Å². The fourth-order valence-electron chi connectivity index (χ4n) is 2.95. The summed E-state index contributed by atoms with van der Waals surface area (Å²) in [6.45, 7) is 9.90. The topological polar surface area (TPSA) is 56.5 Å². The number of ether oxygens (including phenoxy) is 1. The summed E-state index contributed by atoms with van der Waals surface area (Å²) in [6, 6.07) is 6.45. The van der Waals surface area contributed by atoms with Crippen LogP contribution in [-0.2, 0) is 9.53 Å². The van der Waals surface area contributed by atoms with E-state index < -0.39 is 0 Å². The highest BCUT2D eigenvalue weighted by Gasteiger charge is 2.16. The summed E-state index contributed by atoms with van der Waals surface area (Å²) >= 11 is 1.36. The maximum Gasteiger partial charge on any atom is 0.316 e. The van der Waals surface area contributed by atoms with Crippen molar-refractivity contribution < 1.29 is 9.53 Å². The molecular weight excluding hydrogens is 322 g/mol. The van der Waals surface area contributed by atoms with Gasteiger partial charge in [-0.1, -0.05) is 23.4 Å². The number of esters is 1. The minimum atomic E-state index is -0.240. The van der Waals surface area contributed by atoms with E-state index in [1.54, 1.807) is 0 Å². The van der Waals surface area contributed by atoms with Crippen LogP contribution in [0.15, 0.2) is 23.4 Å². The van der Waals surface area contributed by atoms with Crippen LogP contribution in [0.2, 0.25) is 0 Å². The highest BCUT2D eigenvalue weighted by Crippen LogP contribution is 2.28. The standard InChI is InChI=1S/C18H21N3O2S/c1-10(2)23-15(22)9-24-18-20-19-17-13(5)8-14-7-11(3)6-12(4)16(14)21(17)18/h6-8,10H,9H2,1-5H3. The Hall–Kier alpha value is -2.08. The lowest BCUT2D eigenvalue weighted by atomic mass is 10.1. The molecule has 5 nitrogen and oxygen atoms in total. The Bertz CT molecular complexity index is 931. The molecule has 2 aromatic heterocycles. The molecule has 0 unspecified atom stereocenters. The lowest BCUT2D eigenvalue weighted by Gasteiger charge is -2.11. The summed E-state index contributed by atoms with van der Waals surface area (Å²) in [5.41, 5.74) is 5.37. The average molecular weight is 343 g/mol. The Morgan fingerprint density at radius 3 is 2.62 bits per heavy atom. The second kappa shape index (κ2) is 6.43. The molecule has 0 aliphatic rings. The molecule has 0 saturated carbocycles. The van der Waals surface area contributed by atoms with Gasteiger partial charge in [0, 0.05) is 0 Å². The zero-order chi connectivity index (χ0) is 17.4. The molecular formula is C18H21N3O2S. The van der Waals surface area contributed by atoms with Crippen molar-refractivity contribution in [2.45, 2.75) is 45.9 Å². The fraction of sp³-hybridized carbons (Fsp3) is 0.389. The number of aromatic nitrogens is 3. The van der Waals surface area contributed by atoms with Crippen molar-refractivity contribution in [3.05, 3.63) is 34.9 Å². The van der Waals surface area contributed by atoms with Crippen molar-refractivity contribution in [1.82, 2.24) is 14.6 Å². The van der Waals surface area contributed by atoms with Crippen LogP contribution < -0.4 is 0 Å². The first kappa shape index (κ1) is 16.8. The second-order valence-electron chi connectivity index (χ2n) is 6.32. The van der Waals surface area contributed by atoms with Crippen LogP contribution in [0.4, 0.5) is 0 Å². The van der Waals surface area contributed by atoms with Gasteiger partial charge in [0.2, 0.25) is 0 Å². The summed E-state index contributed by atoms with van der Waals surface area (Å²) in [5.74, 6) is -0.0180. The summed E-state index contributed by atoms with van der Waals surface area (Å²) in [4.78, 5) is 11.8. The average Bonchev–Trinajstić information content (AvgIpc) is 2.88. The maximum atomic E-state index is 11.8. The zero-order valence-corrected chi connectivity index (χ0v) is 15.4. The van der Waals surface area contributed by atoms with E-state index in [1.165, 1.54) is 22.9 Å². The number of pyridine rings is 1. The SMILES string of the molecule is Cc1cc(C)c2c(c1)cc(C)c1nnc(SCC(=O)OC(C)C)n12. The van der Waals surface area contributed by atoms with Crippen LogP contribution in [0.3, 0.4) is 0 Å². The van der Waals surface area contributed by atoms with Crippen LogP contribution in [0.5, 0.6) is 0 Å². The Labute approximate surface area is 145 Å². The minimum absolute atomic E-state index is 0.110. The van der Waals surface area contributed by atoms with E-state index in [1.807, 2.05) is 25.2 Å². The van der Waals surface area contributed by atoms with Crippen molar-refractivity contribution in [2.75, 3.05) is 5.75 Å². The van der Waals surface area contributed by atoms with Crippen molar-refractivity contribution in [3.8, 4) is 0 Å². The molecule has 24 heavy (non-hydrogen) atoms. The Morgan fingerprint density at radius 1 is 1.17 bits per heavy atom. The number of carbonyl (C=O) groups excluding carboxylic acids is 1. The minimum Gasteiger partial charge on any atom is -0.462 e. The van der Waals surface area contributed by atoms with Crippen molar-refractivity contribution in [1.29, 1.82) is 0 Å². The molecule has 0 saturated heterocycles. The number of hydrogen-bond donors (Lipinski definition) is 0. The molecule has 3 aromatic rings. The molecule has 6 heteroatoms. The lowest BCUT2D eigenvalue weighted by Crippen LogP contribution is -2.13. The van der Waals surface area contributed by atoms with Gasteiger partial charge in [0.05, 0.1) is 17.4 Å². The van der Waals surface area contributed by atoms with Crippen molar-refractivity contribution in [3.63, 3.8) is 0 Å². The highest BCUT2D eigenvalue weighted by atomic mass is 32.2. The van der Waals surface area contributed by atoms with E-state index in [-0.39, 0.29) is 17.8 Å². The number of hydrogen-bond acceptors (Lipinski definition) is 5. The smallest absolute Gasteiger partial charge is 0.316 e. The first-order chi connectivity index (χ1) is 11.4. The van der Waals surface area contributed by atoms with Gasteiger partial charge in [-0.3, -0.25) is 9.20 Å². The molecule has 0 aliphatic heterocycles. The number of benzene rings is 1. The molecule has 3 rings (SSSR count). The Kier molecular flexibility index (Phi) is 4.49. The molecule has 126 valence electrons. The number of fused-ring (bicyclic) bond motifs is 3. The number of carbonyl (C=O) groups is 1. The van der Waals surface area contributed by atoms with Gasteiger partial charge in [0.25, 0.3) is 0 Å². The molecule has 0 atom stereocenters. The van der Waals surface area contributed by atoms with Crippen LogP contribution in [-0.4, -0.2) is 32.4 Å². The molecule has 0 radical (unpaired) electrons. The van der Waals surface area contributed by atoms with Crippen LogP contribution in [0.25, 0.3) is 16.6 Å². The summed E-state index contributed by atoms with van der Waals surface area (Å²) < 4.78 is 7.24. The maximum absolute atomic E-state index is 11.8. The Balaban J connectivity index is 2.08. The normalized spacial score (nSPS) is 11.6. The number of rotatable bonds is 4. The third-order valence-corrected chi connectivity index (χ3v) is 4.64. The van der Waals surface area contributed by atoms with Gasteiger partial charge in [0.1, 0.15) is 0 Å². The molecule has 0 fully saturated rings. The first-order valence-electron chi connectivity index (χ1n) is 7.95. The number of thioether (sulfide) groups is 1. The summed E-state index contributed by atoms with van der Waals surface area (Å²) in [7, 11) is 0. The van der Waals surface area contributed by atoms with Gasteiger partial charge in [-0.2, -0.15) is 0 Å². The van der Waals surface area contributed by atoms with Gasteiger partial charge < -0.3 is 4.74 Å². The van der Waals surface area contributed by atoms with E-state index in [2.05, 4.69) is 42.2 Å². The van der Waals surface area contributed by atoms with E-state index >= 15 is 0 Å². The van der Waals surface area contributed by atoms with Gasteiger partial charge >= 0.3 is 5.97 Å². The van der Waals surface area contributed by atoms with Gasteiger partial charge in [-0.25, -0.2) is 0 Å². The summed E-state index contributed by atoms with van der Waals surface area (Å²) in [5, 5.41) is 10.5. The van der Waals surface area contributed by atoms with Crippen molar-refractivity contribution >= 4 is 34.3 Å². The molecule has 1 aromatic carbocycles. The number of nitrogens with zero attached hydrogens (tertiary/aromatic N) is 3. The third-order valence-electron chi connectivity index (χ3n) is 3.74. The Morgan fingerprint density at radius 2 is 1.92 bits per heavy atom. The second-order valence-corrected chi connectivity index (χ2v) is 7.26. The first-order valence-corrected chi connectivity index (χ1v) is 8.93. The zero-order valence-electron chi connectivity index (χ0n) is 14.6. The number of aryl methyl sites for hydroxylation is 3. The third kappa shape index (κ3) is 3.11. The van der Waals surface area contributed by atoms with Crippen LogP contribution in [0.1, 0.15) is 30.5 Å². The fourth-order valence-corrected chi connectivity index (χ4v) is 3.67. The highest BCUT2D eigenvalue weighted by molar-refractivity contribution is 7.99. The molecule has 2 heterocycles. The predicted molar refractivity (Wildman–Crippen MR) is 96.7 cm³/mol. The largest absolute Gasteiger partial charge is 0.462 e. The monoisotopic (exact) mass is 343 g/mol. The van der Waals surface area contributed by atoms with Crippen molar-refractivity contribution in [2.24, 2.45) is 0 Å². The van der Waals surface area contributed by atoms with Crippen LogP contribution >= 0.6 is 11.8 Å². The lowest BCUT2D eigenvalue weighted by molar-refractivity contribution is -0.144. The molecule has 0 aliphatic carbocycles. The molecule has 0 amide bonds. The van der Waals surface area contributed by atoms with Gasteiger partial charge in [-0.05, 0) is 63.3 Å². The molecule has 0 spiro atoms. The molecule has 0 bridgehead atoms. The van der Waals surface area contributed by atoms with E-state index in [0.29, 0.717) is 5.16 Å². The molecule has 0 N–H and O–H groups in total. The van der Waals surface area contributed by atoms with E-state index in [0.717, 1.165) is 22.1 Å². The van der Waals surface area contributed by atoms with E-state index in [9.17, 15) is 4.79 Å². The van der Waals surface area contributed by atoms with Gasteiger partial charge in [-0.15, -0.1) is 10.2 Å². The summed E-state index contributed by atoms with van der Waals surface area (Å²) in [6.07, 6.45) is -0.110. The quantitative estimate of drug-likeness (QED) is 0.532. The predicted octanol–water partition coefficient (Wildman–Crippen LogP) is 3.85. The van der Waals surface area contributed by atoms with E-state index in [4.69, 9.17) is 4.74 Å². The van der Waals surface area contributed by atoms with Gasteiger partial charge in [0.15, 0.2) is 10.8 Å².